The summed E-state index contributed by atoms with van der Waals surface area (Å²) in [5.74, 6) is -0.884. The Kier molecular flexibility index (Phi) is 5.57. The molecule has 0 aliphatic carbocycles. The van der Waals surface area contributed by atoms with Crippen molar-refractivity contribution < 1.29 is 14.6 Å². The van der Waals surface area contributed by atoms with Gasteiger partial charge in [-0.1, -0.05) is 6.42 Å². The van der Waals surface area contributed by atoms with Gasteiger partial charge in [-0.25, -0.2) is 4.79 Å². The number of hydrogen-bond acceptors (Lipinski definition) is 4. The van der Waals surface area contributed by atoms with E-state index in [1.54, 1.807) is 0 Å². The highest BCUT2D eigenvalue weighted by atomic mass is 16.5. The Hall–Kier alpha value is -1.12. The molecule has 18 heavy (non-hydrogen) atoms. The summed E-state index contributed by atoms with van der Waals surface area (Å²) in [7, 11) is 0. The Morgan fingerprint density at radius 1 is 1.56 bits per heavy atom. The molecule has 1 N–H and O–H groups in total. The van der Waals surface area contributed by atoms with Crippen molar-refractivity contribution in [2.24, 2.45) is 5.41 Å². The summed E-state index contributed by atoms with van der Waals surface area (Å²) < 4.78 is 5.16. The van der Waals surface area contributed by atoms with Crippen LogP contribution in [0.4, 0.5) is 0 Å². The average Bonchev–Trinajstić information content (AvgIpc) is 2.35. The molecule has 0 aromatic heterocycles. The fourth-order valence-electron chi connectivity index (χ4n) is 2.01. The summed E-state index contributed by atoms with van der Waals surface area (Å²) in [5, 5.41) is 17.8. The van der Waals surface area contributed by atoms with Gasteiger partial charge < -0.3 is 9.84 Å². The number of nitrogens with zero attached hydrogens (tertiary/aromatic N) is 2. The maximum atomic E-state index is 10.8. The zero-order chi connectivity index (χ0) is 13.6. The number of rotatable bonds is 6. The van der Waals surface area contributed by atoms with E-state index in [1.807, 2.05) is 13.8 Å². The second-order valence-corrected chi connectivity index (χ2v) is 5.45. The van der Waals surface area contributed by atoms with Gasteiger partial charge in [0.2, 0.25) is 0 Å². The van der Waals surface area contributed by atoms with Crippen LogP contribution >= 0.6 is 0 Å². The molecule has 0 bridgehead atoms. The molecule has 1 aliphatic heterocycles. The van der Waals surface area contributed by atoms with Gasteiger partial charge in [0, 0.05) is 13.1 Å². The van der Waals surface area contributed by atoms with E-state index < -0.39 is 12.1 Å². The molecule has 5 heteroatoms. The number of carbonyl (C=O) groups is 1. The van der Waals surface area contributed by atoms with Gasteiger partial charge in [-0.05, 0) is 33.2 Å². The number of hydrogen-bond donors (Lipinski definition) is 1. The van der Waals surface area contributed by atoms with Crippen molar-refractivity contribution in [3.8, 4) is 6.07 Å². The molecule has 102 valence electrons. The first-order valence-electron chi connectivity index (χ1n) is 6.42. The van der Waals surface area contributed by atoms with Crippen LogP contribution in [0.2, 0.25) is 0 Å². The molecule has 1 heterocycles. The van der Waals surface area contributed by atoms with Crippen molar-refractivity contribution in [2.75, 3.05) is 26.2 Å². The second-order valence-electron chi connectivity index (χ2n) is 5.45. The summed E-state index contributed by atoms with van der Waals surface area (Å²) in [6.07, 6.45) is 2.19. The van der Waals surface area contributed by atoms with Crippen molar-refractivity contribution in [1.29, 1.82) is 5.26 Å². The minimum absolute atomic E-state index is 0.255. The van der Waals surface area contributed by atoms with E-state index in [1.165, 1.54) is 0 Å². The Bertz CT molecular complexity index is 323. The number of carboxylic acid groups (broad SMARTS) is 1. The lowest BCUT2D eigenvalue weighted by Crippen LogP contribution is -2.46. The largest absolute Gasteiger partial charge is 0.479 e. The fourth-order valence-corrected chi connectivity index (χ4v) is 2.01. The van der Waals surface area contributed by atoms with Crippen molar-refractivity contribution in [3.63, 3.8) is 0 Å². The van der Waals surface area contributed by atoms with E-state index >= 15 is 0 Å². The number of aliphatic carboxylic acids is 1. The summed E-state index contributed by atoms with van der Waals surface area (Å²) >= 11 is 0. The Morgan fingerprint density at radius 3 is 2.89 bits per heavy atom. The van der Waals surface area contributed by atoms with Crippen LogP contribution in [-0.2, 0) is 9.53 Å². The molecule has 1 fully saturated rings. The molecule has 1 aliphatic rings. The number of morpholine rings is 1. The van der Waals surface area contributed by atoms with Gasteiger partial charge in [-0.2, -0.15) is 5.26 Å². The maximum Gasteiger partial charge on any atom is 0.334 e. The van der Waals surface area contributed by atoms with Crippen molar-refractivity contribution in [1.82, 2.24) is 4.90 Å². The molecule has 0 radical (unpaired) electrons. The quantitative estimate of drug-likeness (QED) is 0.727. The van der Waals surface area contributed by atoms with Gasteiger partial charge in [0.1, 0.15) is 0 Å². The molecule has 1 saturated heterocycles. The molecular formula is C13H22N2O3. The normalized spacial score (nSPS) is 21.5. The van der Waals surface area contributed by atoms with Crippen LogP contribution in [0.1, 0.15) is 33.1 Å². The van der Waals surface area contributed by atoms with Crippen LogP contribution in [0.3, 0.4) is 0 Å². The molecule has 0 saturated carbocycles. The zero-order valence-corrected chi connectivity index (χ0v) is 11.2. The zero-order valence-electron chi connectivity index (χ0n) is 11.2. The van der Waals surface area contributed by atoms with Crippen LogP contribution in [0.15, 0.2) is 0 Å². The van der Waals surface area contributed by atoms with E-state index in [9.17, 15) is 4.79 Å². The lowest BCUT2D eigenvalue weighted by atomic mass is 9.89. The minimum atomic E-state index is -0.884. The molecular weight excluding hydrogens is 232 g/mol. The molecule has 1 rings (SSSR count). The molecule has 5 nitrogen and oxygen atoms in total. The first-order valence-corrected chi connectivity index (χ1v) is 6.42. The average molecular weight is 254 g/mol. The monoisotopic (exact) mass is 254 g/mol. The number of ether oxygens (including phenoxy) is 1. The predicted molar refractivity (Wildman–Crippen MR) is 67.1 cm³/mol. The van der Waals surface area contributed by atoms with Crippen LogP contribution in [0.25, 0.3) is 0 Å². The third kappa shape index (κ3) is 5.03. The van der Waals surface area contributed by atoms with Crippen LogP contribution in [0.5, 0.6) is 0 Å². The number of unbranched alkanes of at least 4 members (excludes halogenated alkanes) is 1. The van der Waals surface area contributed by atoms with Crippen LogP contribution in [0, 0.1) is 16.7 Å². The number of nitriles is 1. The molecule has 0 spiro atoms. The van der Waals surface area contributed by atoms with Gasteiger partial charge in [-0.3, -0.25) is 4.90 Å². The standard InChI is InChI=1S/C13H22N2O3/c1-13(2,10-14)5-3-4-6-15-7-8-18-11(9-15)12(16)17/h11H,3-9H2,1-2H3,(H,16,17). The van der Waals surface area contributed by atoms with E-state index in [4.69, 9.17) is 15.1 Å². The molecule has 1 unspecified atom stereocenters. The summed E-state index contributed by atoms with van der Waals surface area (Å²) in [5.41, 5.74) is -0.255. The summed E-state index contributed by atoms with van der Waals surface area (Å²) in [6, 6.07) is 2.29. The van der Waals surface area contributed by atoms with Gasteiger partial charge in [0.15, 0.2) is 6.10 Å². The molecule has 0 aromatic carbocycles. The van der Waals surface area contributed by atoms with Gasteiger partial charge in [0.25, 0.3) is 0 Å². The minimum Gasteiger partial charge on any atom is -0.479 e. The maximum absolute atomic E-state index is 10.8. The van der Waals surface area contributed by atoms with Crippen molar-refractivity contribution in [3.05, 3.63) is 0 Å². The lowest BCUT2D eigenvalue weighted by molar-refractivity contribution is -0.156. The van der Waals surface area contributed by atoms with Crippen molar-refractivity contribution in [2.45, 2.75) is 39.2 Å². The Morgan fingerprint density at radius 2 is 2.28 bits per heavy atom. The third-order valence-electron chi connectivity index (χ3n) is 3.25. The van der Waals surface area contributed by atoms with Gasteiger partial charge in [-0.15, -0.1) is 0 Å². The van der Waals surface area contributed by atoms with E-state index in [2.05, 4.69) is 11.0 Å². The summed E-state index contributed by atoms with van der Waals surface area (Å²) in [4.78, 5) is 12.9. The summed E-state index contributed by atoms with van der Waals surface area (Å²) in [6.45, 7) is 6.53. The Labute approximate surface area is 108 Å². The van der Waals surface area contributed by atoms with Crippen LogP contribution in [-0.4, -0.2) is 48.3 Å². The first-order chi connectivity index (χ1) is 8.44. The van der Waals surface area contributed by atoms with E-state index in [-0.39, 0.29) is 5.41 Å². The topological polar surface area (TPSA) is 73.6 Å². The van der Waals surface area contributed by atoms with E-state index in [0.29, 0.717) is 13.2 Å². The van der Waals surface area contributed by atoms with Gasteiger partial charge in [0.05, 0.1) is 18.1 Å². The fraction of sp³-hybridized carbons (Fsp3) is 0.846. The predicted octanol–water partition coefficient (Wildman–Crippen LogP) is 1.49. The SMILES string of the molecule is CC(C)(C#N)CCCCN1CCOC(C(=O)O)C1. The molecule has 0 aromatic rings. The lowest BCUT2D eigenvalue weighted by Gasteiger charge is -2.30. The Balaban J connectivity index is 2.20. The van der Waals surface area contributed by atoms with Gasteiger partial charge >= 0.3 is 5.97 Å². The third-order valence-corrected chi connectivity index (χ3v) is 3.25. The highest BCUT2D eigenvalue weighted by molar-refractivity contribution is 5.72. The van der Waals surface area contributed by atoms with E-state index in [0.717, 1.165) is 32.4 Å². The highest BCUT2D eigenvalue weighted by Gasteiger charge is 2.25. The molecule has 1 atom stereocenters. The number of carboxylic acids is 1. The second kappa shape index (κ2) is 6.72. The van der Waals surface area contributed by atoms with Crippen LogP contribution < -0.4 is 0 Å². The highest BCUT2D eigenvalue weighted by Crippen LogP contribution is 2.21. The first kappa shape index (κ1) is 14.9. The smallest absolute Gasteiger partial charge is 0.334 e. The molecule has 0 amide bonds. The van der Waals surface area contributed by atoms with Crippen molar-refractivity contribution >= 4 is 5.97 Å².